The third-order valence-electron chi connectivity index (χ3n) is 4.75. The lowest BCUT2D eigenvalue weighted by molar-refractivity contribution is 0.0617. The van der Waals surface area contributed by atoms with Crippen molar-refractivity contribution in [3.05, 3.63) is 42.0 Å². The Morgan fingerprint density at radius 1 is 1.21 bits per heavy atom. The molecule has 0 spiro atoms. The van der Waals surface area contributed by atoms with Gasteiger partial charge in [-0.3, -0.25) is 4.98 Å². The fraction of sp³-hybridized carbons (Fsp3) is 0.476. The Hall–Kier alpha value is -2.55. The van der Waals surface area contributed by atoms with E-state index in [-0.39, 0.29) is 6.61 Å². The number of aromatic nitrogens is 4. The summed E-state index contributed by atoms with van der Waals surface area (Å²) in [5.41, 5.74) is 5.16. The Balaban J connectivity index is 0.00000117. The minimum Gasteiger partial charge on any atom is -0.384 e. The molecule has 1 unspecified atom stereocenters. The van der Waals surface area contributed by atoms with Crippen LogP contribution in [0.4, 0.5) is 5.69 Å². The molecule has 8 nitrogen and oxygen atoms in total. The number of nitrogens with zero attached hydrogens (tertiary/aromatic N) is 5. The molecule has 29 heavy (non-hydrogen) atoms. The van der Waals surface area contributed by atoms with E-state index >= 15 is 0 Å². The summed E-state index contributed by atoms with van der Waals surface area (Å²) in [6.07, 6.45) is 2.80. The van der Waals surface area contributed by atoms with E-state index in [9.17, 15) is 5.11 Å². The van der Waals surface area contributed by atoms with Gasteiger partial charge in [0, 0.05) is 32.0 Å². The normalized spacial score (nSPS) is 15.1. The molecule has 1 saturated heterocycles. The van der Waals surface area contributed by atoms with Gasteiger partial charge in [-0.25, -0.2) is 9.50 Å². The van der Waals surface area contributed by atoms with Crippen molar-refractivity contribution in [2.24, 2.45) is 0 Å². The van der Waals surface area contributed by atoms with Crippen molar-refractivity contribution in [3.63, 3.8) is 0 Å². The van der Waals surface area contributed by atoms with Gasteiger partial charge >= 0.3 is 0 Å². The highest BCUT2D eigenvalue weighted by molar-refractivity contribution is 5.75. The zero-order valence-corrected chi connectivity index (χ0v) is 17.5. The fourth-order valence-corrected chi connectivity index (χ4v) is 3.41. The molecule has 3 aromatic heterocycles. The number of aryl methyl sites for hydroxylation is 1. The minimum atomic E-state index is -0.738. The lowest BCUT2D eigenvalue weighted by Crippen LogP contribution is -2.36. The van der Waals surface area contributed by atoms with E-state index in [2.05, 4.69) is 15.0 Å². The second-order valence-corrected chi connectivity index (χ2v) is 6.54. The van der Waals surface area contributed by atoms with E-state index in [4.69, 9.17) is 14.5 Å². The minimum absolute atomic E-state index is 0.214. The van der Waals surface area contributed by atoms with Crippen LogP contribution in [-0.2, 0) is 9.47 Å². The highest BCUT2D eigenvalue weighted by atomic mass is 16.5. The summed E-state index contributed by atoms with van der Waals surface area (Å²) >= 11 is 0. The van der Waals surface area contributed by atoms with Crippen molar-refractivity contribution in [1.29, 1.82) is 0 Å². The van der Waals surface area contributed by atoms with Crippen LogP contribution in [0.1, 0.15) is 31.3 Å². The van der Waals surface area contributed by atoms with Gasteiger partial charge in [0.05, 0.1) is 48.8 Å². The molecule has 1 atom stereocenters. The molecule has 1 aliphatic heterocycles. The number of aliphatic hydroxyl groups excluding tert-OH is 1. The first-order valence-corrected chi connectivity index (χ1v) is 9.99. The third-order valence-corrected chi connectivity index (χ3v) is 4.75. The largest absolute Gasteiger partial charge is 0.384 e. The molecule has 156 valence electrons. The maximum absolute atomic E-state index is 10.0. The summed E-state index contributed by atoms with van der Waals surface area (Å²) in [5.74, 6) is 0. The van der Waals surface area contributed by atoms with E-state index in [1.54, 1.807) is 19.5 Å². The molecule has 0 amide bonds. The van der Waals surface area contributed by atoms with E-state index in [0.29, 0.717) is 5.69 Å². The average molecular weight is 399 g/mol. The molecule has 4 heterocycles. The smallest absolute Gasteiger partial charge is 0.178 e. The van der Waals surface area contributed by atoms with Crippen LogP contribution < -0.4 is 4.90 Å². The van der Waals surface area contributed by atoms with Crippen molar-refractivity contribution >= 4 is 11.3 Å². The third kappa shape index (κ3) is 4.39. The predicted molar refractivity (Wildman–Crippen MR) is 112 cm³/mol. The average Bonchev–Trinajstić information content (AvgIpc) is 3.12. The predicted octanol–water partition coefficient (Wildman–Crippen LogP) is 2.64. The Labute approximate surface area is 171 Å². The first-order valence-electron chi connectivity index (χ1n) is 9.99. The number of anilines is 1. The van der Waals surface area contributed by atoms with Gasteiger partial charge in [0.15, 0.2) is 5.65 Å². The second kappa shape index (κ2) is 9.78. The summed E-state index contributed by atoms with van der Waals surface area (Å²) in [4.78, 5) is 11.4. The number of rotatable bonds is 5. The summed E-state index contributed by atoms with van der Waals surface area (Å²) in [5, 5.41) is 14.5. The maximum Gasteiger partial charge on any atom is 0.178 e. The van der Waals surface area contributed by atoms with Gasteiger partial charge in [-0.1, -0.05) is 13.8 Å². The second-order valence-electron chi connectivity index (χ2n) is 6.54. The number of methoxy groups -OCH3 is 1. The first kappa shape index (κ1) is 21.2. The Kier molecular flexibility index (Phi) is 7.13. The van der Waals surface area contributed by atoms with Gasteiger partial charge in [0.2, 0.25) is 0 Å². The lowest BCUT2D eigenvalue weighted by Gasteiger charge is -2.28. The number of fused-ring (bicyclic) bond motifs is 1. The highest BCUT2D eigenvalue weighted by Gasteiger charge is 2.20. The van der Waals surface area contributed by atoms with E-state index < -0.39 is 6.10 Å². The Morgan fingerprint density at radius 3 is 2.62 bits per heavy atom. The van der Waals surface area contributed by atoms with Gasteiger partial charge < -0.3 is 19.5 Å². The highest BCUT2D eigenvalue weighted by Crippen LogP contribution is 2.29. The van der Waals surface area contributed by atoms with Gasteiger partial charge in [-0.15, -0.1) is 0 Å². The SMILES string of the molecule is CC.COCC(O)c1ccc(-c2c(C)nc3c(N4CCOCC4)ccnn23)cn1. The van der Waals surface area contributed by atoms with Crippen LogP contribution in [0.15, 0.2) is 30.6 Å². The summed E-state index contributed by atoms with van der Waals surface area (Å²) < 4.78 is 12.3. The lowest BCUT2D eigenvalue weighted by atomic mass is 10.1. The van der Waals surface area contributed by atoms with Crippen LogP contribution in [0.3, 0.4) is 0 Å². The number of hydrogen-bond acceptors (Lipinski definition) is 7. The number of imidazole rings is 1. The van der Waals surface area contributed by atoms with E-state index in [1.807, 2.05) is 43.5 Å². The summed E-state index contributed by atoms with van der Waals surface area (Å²) in [6.45, 7) is 9.31. The van der Waals surface area contributed by atoms with Crippen LogP contribution >= 0.6 is 0 Å². The maximum atomic E-state index is 10.0. The Morgan fingerprint density at radius 2 is 1.97 bits per heavy atom. The van der Waals surface area contributed by atoms with Crippen molar-refractivity contribution in [2.45, 2.75) is 26.9 Å². The fourth-order valence-electron chi connectivity index (χ4n) is 3.41. The molecule has 0 aliphatic carbocycles. The zero-order valence-electron chi connectivity index (χ0n) is 17.5. The van der Waals surface area contributed by atoms with Crippen LogP contribution in [-0.4, -0.2) is 64.7 Å². The van der Waals surface area contributed by atoms with E-state index in [0.717, 1.165) is 54.6 Å². The monoisotopic (exact) mass is 399 g/mol. The molecule has 0 radical (unpaired) electrons. The molecule has 0 aromatic carbocycles. The summed E-state index contributed by atoms with van der Waals surface area (Å²) in [6, 6.07) is 5.74. The van der Waals surface area contributed by atoms with Crippen LogP contribution in [0.5, 0.6) is 0 Å². The number of hydrogen-bond donors (Lipinski definition) is 1. The Bertz CT molecular complexity index is 920. The molecular weight excluding hydrogens is 370 g/mol. The molecule has 1 fully saturated rings. The van der Waals surface area contributed by atoms with Crippen molar-refractivity contribution in [3.8, 4) is 11.3 Å². The number of ether oxygens (including phenoxy) is 2. The topological polar surface area (TPSA) is 85.0 Å². The van der Waals surface area contributed by atoms with E-state index in [1.165, 1.54) is 0 Å². The molecule has 1 N–H and O–H groups in total. The number of morpholine rings is 1. The van der Waals surface area contributed by atoms with Crippen molar-refractivity contribution in [2.75, 3.05) is 44.9 Å². The first-order chi connectivity index (χ1) is 14.2. The molecular formula is C21H29N5O3. The number of aliphatic hydroxyl groups is 1. The van der Waals surface area contributed by atoms with Crippen molar-refractivity contribution < 1.29 is 14.6 Å². The van der Waals surface area contributed by atoms with Gasteiger partial charge in [0.25, 0.3) is 0 Å². The molecule has 3 aromatic rings. The zero-order chi connectivity index (χ0) is 20.8. The van der Waals surface area contributed by atoms with Gasteiger partial charge in [-0.2, -0.15) is 5.10 Å². The van der Waals surface area contributed by atoms with Gasteiger partial charge in [-0.05, 0) is 25.1 Å². The molecule has 0 bridgehead atoms. The van der Waals surface area contributed by atoms with Gasteiger partial charge in [0.1, 0.15) is 6.10 Å². The molecule has 4 rings (SSSR count). The van der Waals surface area contributed by atoms with Crippen LogP contribution in [0.25, 0.3) is 16.9 Å². The molecule has 1 aliphatic rings. The van der Waals surface area contributed by atoms with Crippen LogP contribution in [0, 0.1) is 6.92 Å². The number of pyridine rings is 1. The standard InChI is InChI=1S/C19H23N5O3.C2H6/c1-13-18(14-3-4-15(20-11-14)17(25)12-26-2)24-19(22-13)16(5-6-21-24)23-7-9-27-10-8-23;1-2/h3-6,11,17,25H,7-10,12H2,1-2H3;1-2H3. The summed E-state index contributed by atoms with van der Waals surface area (Å²) in [7, 11) is 1.55. The van der Waals surface area contributed by atoms with Crippen molar-refractivity contribution in [1.82, 2.24) is 19.6 Å². The molecule has 0 saturated carbocycles. The quantitative estimate of drug-likeness (QED) is 0.706. The molecule has 8 heteroatoms. The van der Waals surface area contributed by atoms with Crippen LogP contribution in [0.2, 0.25) is 0 Å².